The number of hydrogen-bond donors (Lipinski definition) is 0. The van der Waals surface area contributed by atoms with E-state index < -0.39 is 35.4 Å². The minimum absolute atomic E-state index is 0.119. The van der Waals surface area contributed by atoms with E-state index in [-0.39, 0.29) is 28.1 Å². The van der Waals surface area contributed by atoms with E-state index in [1.54, 1.807) is 10.9 Å². The summed E-state index contributed by atoms with van der Waals surface area (Å²) < 4.78 is 43.3. The maximum Gasteiger partial charge on any atom is 0.335 e. The molecule has 0 bridgehead atoms. The molecule has 36 heavy (non-hydrogen) atoms. The van der Waals surface area contributed by atoms with Gasteiger partial charge in [0.15, 0.2) is 23.2 Å². The molecule has 2 aromatic rings. The lowest BCUT2D eigenvalue weighted by Gasteiger charge is -2.51. The minimum atomic E-state index is -2.94. The topological polar surface area (TPSA) is 83.7 Å². The summed E-state index contributed by atoms with van der Waals surface area (Å²) in [5.41, 5.74) is 2.41. The van der Waals surface area contributed by atoms with Crippen LogP contribution in [-0.4, -0.2) is 55.5 Å². The first kappa shape index (κ1) is 27.7. The standard InChI is InChI=1S/C24H39FN5O3PSi2/c1-13(2)35(14(3)4)31-10-18-17(9)21(30-12-28-20-23(29-34)26-11-27-24(20)30)19(25)22(18)32-36(33-35,15(5)6)16(7)8/h11-16,18-19,21-22,34H,9-10H2,1-8H3/t18-,19-,21+,22?/m0/s1. The van der Waals surface area contributed by atoms with Crippen molar-refractivity contribution in [2.45, 2.75) is 95.9 Å². The number of rotatable bonds is 6. The Kier molecular flexibility index (Phi) is 7.74. The number of hydrogen-bond acceptors (Lipinski definition) is 7. The fourth-order valence-electron chi connectivity index (χ4n) is 5.99. The molecule has 0 amide bonds. The first-order valence-corrected chi connectivity index (χ1v) is 17.2. The van der Waals surface area contributed by atoms with Crippen molar-refractivity contribution >= 4 is 43.1 Å². The van der Waals surface area contributed by atoms with Gasteiger partial charge in [0, 0.05) is 12.5 Å². The van der Waals surface area contributed by atoms with E-state index in [2.05, 4.69) is 90.7 Å². The van der Waals surface area contributed by atoms with Crippen molar-refractivity contribution in [3.05, 3.63) is 24.8 Å². The first-order valence-electron chi connectivity index (χ1n) is 12.8. The fourth-order valence-corrected chi connectivity index (χ4v) is 17.4. The third-order valence-electron chi connectivity index (χ3n) is 7.96. The second kappa shape index (κ2) is 10.1. The summed E-state index contributed by atoms with van der Waals surface area (Å²) in [6.45, 7) is 22.0. The predicted molar refractivity (Wildman–Crippen MR) is 146 cm³/mol. The Bertz CT molecular complexity index is 1130. The molecular formula is C24H39FN5O3PSi2. The zero-order valence-corrected chi connectivity index (χ0v) is 25.5. The molecular weight excluding hydrogens is 512 g/mol. The quantitative estimate of drug-likeness (QED) is 0.223. The molecule has 0 aromatic carbocycles. The van der Waals surface area contributed by atoms with Crippen molar-refractivity contribution in [1.82, 2.24) is 19.5 Å². The highest BCUT2D eigenvalue weighted by atomic mass is 31.0. The molecule has 1 saturated carbocycles. The van der Waals surface area contributed by atoms with Crippen LogP contribution in [0.25, 0.3) is 11.2 Å². The average molecular weight is 552 g/mol. The molecule has 1 unspecified atom stereocenters. The van der Waals surface area contributed by atoms with E-state index in [4.69, 9.17) is 13.0 Å². The molecule has 4 atom stereocenters. The van der Waals surface area contributed by atoms with Crippen LogP contribution in [0.4, 0.5) is 10.2 Å². The van der Waals surface area contributed by atoms with Gasteiger partial charge in [0.1, 0.15) is 6.33 Å². The summed E-state index contributed by atoms with van der Waals surface area (Å²) in [4.78, 5) is 13.0. The highest BCUT2D eigenvalue weighted by molar-refractivity contribution is 7.04. The first-order chi connectivity index (χ1) is 16.9. The van der Waals surface area contributed by atoms with Gasteiger partial charge in [-0.05, 0) is 36.8 Å². The molecule has 8 nitrogen and oxygen atoms in total. The van der Waals surface area contributed by atoms with Crippen molar-refractivity contribution in [2.75, 3.05) is 6.61 Å². The van der Waals surface area contributed by atoms with Crippen molar-refractivity contribution in [3.8, 4) is 0 Å². The SMILES string of the molecule is C=C1[C@@H](n2cnc3c(N=P)ncnc32)[C@H](F)C2O[Si](C(C)C)(C(C)C)O[Si](C(C)C)(C(C)C)OC[C@@H]12. The van der Waals surface area contributed by atoms with E-state index in [9.17, 15) is 0 Å². The minimum Gasteiger partial charge on any atom is -0.414 e. The van der Waals surface area contributed by atoms with Gasteiger partial charge in [0.05, 0.1) is 18.5 Å². The highest BCUT2D eigenvalue weighted by Gasteiger charge is 2.62. The molecule has 0 N–H and O–H groups in total. The Labute approximate surface area is 217 Å². The molecule has 12 heteroatoms. The molecule has 3 heterocycles. The lowest BCUT2D eigenvalue weighted by atomic mass is 10.0. The van der Waals surface area contributed by atoms with E-state index in [1.165, 1.54) is 6.33 Å². The van der Waals surface area contributed by atoms with Gasteiger partial charge in [0.25, 0.3) is 0 Å². The van der Waals surface area contributed by atoms with Crippen LogP contribution in [0, 0.1) is 5.92 Å². The second-order valence-corrected chi connectivity index (χ2v) is 20.3. The molecule has 0 radical (unpaired) electrons. The molecule has 2 aliphatic rings. The highest BCUT2D eigenvalue weighted by Crippen LogP contribution is 2.52. The largest absolute Gasteiger partial charge is 0.414 e. The van der Waals surface area contributed by atoms with Gasteiger partial charge in [-0.25, -0.2) is 24.1 Å². The van der Waals surface area contributed by atoms with Crippen LogP contribution in [0.5, 0.6) is 0 Å². The Hall–Kier alpha value is -1.37. The summed E-state index contributed by atoms with van der Waals surface area (Å²) in [7, 11) is -2.52. The van der Waals surface area contributed by atoms with Crippen LogP contribution < -0.4 is 0 Å². The zero-order chi connectivity index (χ0) is 26.6. The smallest absolute Gasteiger partial charge is 0.335 e. The van der Waals surface area contributed by atoms with E-state index in [0.29, 0.717) is 23.6 Å². The third kappa shape index (κ3) is 4.16. The fraction of sp³-hybridized carbons (Fsp3) is 0.708. The molecule has 1 aliphatic heterocycles. The maximum absolute atomic E-state index is 16.6. The number of nitrogens with zero attached hydrogens (tertiary/aromatic N) is 5. The molecule has 198 valence electrons. The third-order valence-corrected chi connectivity index (χ3v) is 18.4. The summed E-state index contributed by atoms with van der Waals surface area (Å²) in [6, 6.07) is -0.690. The number of aromatic nitrogens is 4. The number of halogens is 1. The van der Waals surface area contributed by atoms with E-state index in [0.717, 1.165) is 5.57 Å². The van der Waals surface area contributed by atoms with Crippen LogP contribution in [0.2, 0.25) is 22.2 Å². The van der Waals surface area contributed by atoms with Crippen LogP contribution >= 0.6 is 9.03 Å². The lowest BCUT2D eigenvalue weighted by molar-refractivity contribution is 0.00846. The van der Waals surface area contributed by atoms with Crippen molar-refractivity contribution < 1.29 is 17.4 Å². The number of fused-ring (bicyclic) bond motifs is 2. The molecule has 2 aromatic heterocycles. The Morgan fingerprint density at radius 1 is 1.03 bits per heavy atom. The Balaban J connectivity index is 1.83. The molecule has 4 rings (SSSR count). The zero-order valence-electron chi connectivity index (χ0n) is 22.5. The van der Waals surface area contributed by atoms with Crippen molar-refractivity contribution in [2.24, 2.45) is 10.7 Å². The molecule has 1 aliphatic carbocycles. The number of alkyl halides is 1. The van der Waals surface area contributed by atoms with Crippen molar-refractivity contribution in [1.29, 1.82) is 0 Å². The van der Waals surface area contributed by atoms with Crippen LogP contribution in [-0.2, 0) is 13.0 Å². The van der Waals surface area contributed by atoms with E-state index in [1.807, 2.05) is 0 Å². The van der Waals surface area contributed by atoms with Gasteiger partial charge in [-0.3, -0.25) is 0 Å². The summed E-state index contributed by atoms with van der Waals surface area (Å²) in [5.74, 6) is 0.0889. The van der Waals surface area contributed by atoms with Gasteiger partial charge in [0.2, 0.25) is 0 Å². The Morgan fingerprint density at radius 2 is 1.64 bits per heavy atom. The normalized spacial score (nSPS) is 28.2. The summed E-state index contributed by atoms with van der Waals surface area (Å²) in [6.07, 6.45) is 0.921. The molecule has 1 saturated heterocycles. The van der Waals surface area contributed by atoms with Gasteiger partial charge < -0.3 is 17.5 Å². The molecule has 0 spiro atoms. The second-order valence-electron chi connectivity index (χ2n) is 11.3. The van der Waals surface area contributed by atoms with Gasteiger partial charge in [-0.15, -0.1) is 0 Å². The molecule has 2 fully saturated rings. The van der Waals surface area contributed by atoms with Gasteiger partial charge >= 0.3 is 17.1 Å². The van der Waals surface area contributed by atoms with Crippen LogP contribution in [0.3, 0.4) is 0 Å². The average Bonchev–Trinajstić information content (AvgIpc) is 3.31. The maximum atomic E-state index is 16.6. The van der Waals surface area contributed by atoms with Crippen LogP contribution in [0.15, 0.2) is 29.6 Å². The van der Waals surface area contributed by atoms with Crippen LogP contribution in [0.1, 0.15) is 61.4 Å². The van der Waals surface area contributed by atoms with E-state index >= 15 is 4.39 Å². The van der Waals surface area contributed by atoms with Gasteiger partial charge in [-0.2, -0.15) is 0 Å². The summed E-state index contributed by atoms with van der Waals surface area (Å²) in [5, 5.41) is 0. The number of imidazole rings is 1. The van der Waals surface area contributed by atoms with Crippen molar-refractivity contribution in [3.63, 3.8) is 0 Å². The Morgan fingerprint density at radius 3 is 2.19 bits per heavy atom. The lowest BCUT2D eigenvalue weighted by Crippen LogP contribution is -2.65. The predicted octanol–water partition coefficient (Wildman–Crippen LogP) is 6.81. The van der Waals surface area contributed by atoms with Gasteiger partial charge in [-0.1, -0.05) is 62.0 Å². The summed E-state index contributed by atoms with van der Waals surface area (Å²) >= 11 is 0. The monoisotopic (exact) mass is 551 g/mol.